The highest BCUT2D eigenvalue weighted by atomic mass is 32.2. The van der Waals surface area contributed by atoms with Gasteiger partial charge in [-0.3, -0.25) is 9.59 Å². The summed E-state index contributed by atoms with van der Waals surface area (Å²) in [7, 11) is -3.87. The van der Waals surface area contributed by atoms with E-state index in [0.29, 0.717) is 12.0 Å². The minimum Gasteiger partial charge on any atom is -0.468 e. The van der Waals surface area contributed by atoms with Crippen LogP contribution < -0.4 is 10.6 Å². The van der Waals surface area contributed by atoms with E-state index in [4.69, 9.17) is 4.42 Å². The van der Waals surface area contributed by atoms with Gasteiger partial charge < -0.3 is 15.1 Å². The van der Waals surface area contributed by atoms with Crippen LogP contribution in [0.2, 0.25) is 0 Å². The highest BCUT2D eigenvalue weighted by Crippen LogP contribution is 2.31. The average Bonchev–Trinajstić information content (AvgIpc) is 3.17. The van der Waals surface area contributed by atoms with Gasteiger partial charge in [-0.15, -0.1) is 0 Å². The summed E-state index contributed by atoms with van der Waals surface area (Å²) < 4.78 is 31.9. The summed E-state index contributed by atoms with van der Waals surface area (Å²) in [4.78, 5) is 24.2. The molecule has 1 heterocycles. The van der Waals surface area contributed by atoms with Crippen LogP contribution in [-0.4, -0.2) is 32.8 Å². The van der Waals surface area contributed by atoms with E-state index >= 15 is 0 Å². The number of carbonyl (C=O) groups is 2. The molecule has 2 N–H and O–H groups in total. The first-order chi connectivity index (χ1) is 13.2. The highest BCUT2D eigenvalue weighted by molar-refractivity contribution is 7.91. The fraction of sp³-hybridized carbons (Fsp3) is 0.400. The van der Waals surface area contributed by atoms with E-state index in [1.807, 2.05) is 13.0 Å². The Balaban J connectivity index is 2.28. The molecule has 2 rings (SSSR count). The third kappa shape index (κ3) is 5.01. The fourth-order valence-electron chi connectivity index (χ4n) is 2.66. The number of carbonyl (C=O) groups excluding carboxylic acids is 2. The Kier molecular flexibility index (Phi) is 7.01. The topological polar surface area (TPSA) is 105 Å². The van der Waals surface area contributed by atoms with Gasteiger partial charge in [0.15, 0.2) is 9.84 Å². The quantitative estimate of drug-likeness (QED) is 0.687. The van der Waals surface area contributed by atoms with E-state index in [9.17, 15) is 18.0 Å². The van der Waals surface area contributed by atoms with Gasteiger partial charge in [0.25, 0.3) is 0 Å². The van der Waals surface area contributed by atoms with Gasteiger partial charge in [0.1, 0.15) is 11.0 Å². The van der Waals surface area contributed by atoms with E-state index in [2.05, 4.69) is 10.6 Å². The number of sulfone groups is 1. The minimum absolute atomic E-state index is 0.155. The van der Waals surface area contributed by atoms with Crippen LogP contribution in [0.1, 0.15) is 42.4 Å². The van der Waals surface area contributed by atoms with E-state index in [-0.39, 0.29) is 23.2 Å². The maximum Gasteiger partial charge on any atom is 0.309 e. The molecular weight excluding hydrogens is 380 g/mol. The number of hydrogen-bond donors (Lipinski definition) is 2. The van der Waals surface area contributed by atoms with Gasteiger partial charge in [-0.2, -0.15) is 0 Å². The molecule has 0 radical (unpaired) electrons. The van der Waals surface area contributed by atoms with Crippen molar-refractivity contribution in [1.82, 2.24) is 10.6 Å². The molecule has 0 aliphatic carbocycles. The lowest BCUT2D eigenvalue weighted by atomic mass is 10.2. The van der Waals surface area contributed by atoms with Gasteiger partial charge in [0, 0.05) is 12.6 Å². The molecule has 1 aromatic carbocycles. The molecule has 28 heavy (non-hydrogen) atoms. The Morgan fingerprint density at radius 1 is 1.14 bits per heavy atom. The van der Waals surface area contributed by atoms with Gasteiger partial charge >= 0.3 is 11.8 Å². The molecule has 0 unspecified atom stereocenters. The Morgan fingerprint density at radius 2 is 1.86 bits per heavy atom. The van der Waals surface area contributed by atoms with Crippen molar-refractivity contribution in [2.75, 3.05) is 6.54 Å². The van der Waals surface area contributed by atoms with Crippen molar-refractivity contribution in [3.63, 3.8) is 0 Å². The van der Waals surface area contributed by atoms with Gasteiger partial charge in [-0.05, 0) is 56.5 Å². The summed E-state index contributed by atoms with van der Waals surface area (Å²) in [6, 6.07) is 8.13. The molecule has 0 spiro atoms. The smallest absolute Gasteiger partial charge is 0.309 e. The molecule has 0 fully saturated rings. The van der Waals surface area contributed by atoms with Crippen molar-refractivity contribution < 1.29 is 22.4 Å². The zero-order valence-corrected chi connectivity index (χ0v) is 17.3. The minimum atomic E-state index is -3.87. The third-order valence-corrected chi connectivity index (χ3v) is 6.73. The van der Waals surface area contributed by atoms with Crippen LogP contribution in [0.15, 0.2) is 45.9 Å². The Labute approximate surface area is 165 Å². The lowest BCUT2D eigenvalue weighted by molar-refractivity contribution is -0.139. The van der Waals surface area contributed by atoms with Crippen LogP contribution in [0.3, 0.4) is 0 Å². The van der Waals surface area contributed by atoms with Gasteiger partial charge in [-0.1, -0.05) is 19.1 Å². The van der Waals surface area contributed by atoms with Crippen molar-refractivity contribution in [2.45, 2.75) is 50.3 Å². The van der Waals surface area contributed by atoms with Crippen LogP contribution in [0.25, 0.3) is 0 Å². The Bertz CT molecular complexity index is 936. The lowest BCUT2D eigenvalue weighted by Gasteiger charge is -2.18. The lowest BCUT2D eigenvalue weighted by Crippen LogP contribution is -2.45. The summed E-state index contributed by atoms with van der Waals surface area (Å²) in [5.74, 6) is -1.48. The SMILES string of the molecule is CC[C@@H](C)NC(=O)C(=O)NC[C@H](c1ccco1)S(=O)(=O)c1cc(C)ccc1C. The van der Waals surface area contributed by atoms with Crippen LogP contribution in [0.4, 0.5) is 0 Å². The predicted molar refractivity (Wildman–Crippen MR) is 105 cm³/mol. The van der Waals surface area contributed by atoms with Crippen molar-refractivity contribution >= 4 is 21.7 Å². The standard InChI is InChI=1S/C20H26N2O5S/c1-5-15(4)22-20(24)19(23)21-12-18(16-7-6-10-27-16)28(25,26)17-11-13(2)8-9-14(17)3/h6-11,15,18H,5,12H2,1-4H3,(H,21,23)(H,22,24)/t15-,18-/m1/s1. The summed E-state index contributed by atoms with van der Waals surface area (Å²) >= 11 is 0. The first kappa shape index (κ1) is 21.7. The average molecular weight is 407 g/mol. The summed E-state index contributed by atoms with van der Waals surface area (Å²) in [5, 5.41) is 3.82. The number of nitrogens with one attached hydrogen (secondary N) is 2. The van der Waals surface area contributed by atoms with Crippen LogP contribution >= 0.6 is 0 Å². The molecule has 0 saturated carbocycles. The normalized spacial score (nSPS) is 13.6. The number of rotatable bonds is 7. The number of hydrogen-bond acceptors (Lipinski definition) is 5. The first-order valence-electron chi connectivity index (χ1n) is 9.10. The van der Waals surface area contributed by atoms with Gasteiger partial charge in [0.05, 0.1) is 11.2 Å². The molecule has 0 aliphatic heterocycles. The van der Waals surface area contributed by atoms with Crippen LogP contribution in [-0.2, 0) is 19.4 Å². The Morgan fingerprint density at radius 3 is 2.46 bits per heavy atom. The zero-order chi connectivity index (χ0) is 20.9. The molecular formula is C20H26N2O5S. The van der Waals surface area contributed by atoms with Crippen molar-refractivity contribution in [3.8, 4) is 0 Å². The van der Waals surface area contributed by atoms with E-state index in [1.165, 1.54) is 6.26 Å². The second-order valence-corrected chi connectivity index (χ2v) is 8.91. The number of amides is 2. The number of aryl methyl sites for hydroxylation is 2. The van der Waals surface area contributed by atoms with Gasteiger partial charge in [-0.25, -0.2) is 8.42 Å². The maximum absolute atomic E-state index is 13.3. The van der Waals surface area contributed by atoms with Crippen LogP contribution in [0.5, 0.6) is 0 Å². The summed E-state index contributed by atoms with van der Waals surface area (Å²) in [5.41, 5.74) is 1.40. The van der Waals surface area contributed by atoms with Gasteiger partial charge in [0.2, 0.25) is 0 Å². The molecule has 0 saturated heterocycles. The molecule has 2 aromatic rings. The number of furan rings is 1. The largest absolute Gasteiger partial charge is 0.468 e. The zero-order valence-electron chi connectivity index (χ0n) is 16.5. The monoisotopic (exact) mass is 406 g/mol. The van der Waals surface area contributed by atoms with E-state index < -0.39 is 26.9 Å². The van der Waals surface area contributed by atoms with Crippen molar-refractivity contribution in [1.29, 1.82) is 0 Å². The molecule has 1 aromatic heterocycles. The summed E-state index contributed by atoms with van der Waals surface area (Å²) in [6.45, 7) is 6.90. The summed E-state index contributed by atoms with van der Waals surface area (Å²) in [6.07, 6.45) is 2.05. The van der Waals surface area contributed by atoms with Crippen molar-refractivity contribution in [2.24, 2.45) is 0 Å². The molecule has 152 valence electrons. The van der Waals surface area contributed by atoms with E-state index in [0.717, 1.165) is 5.56 Å². The molecule has 8 heteroatoms. The molecule has 2 amide bonds. The van der Waals surface area contributed by atoms with Crippen LogP contribution in [0, 0.1) is 13.8 Å². The van der Waals surface area contributed by atoms with Crippen molar-refractivity contribution in [3.05, 3.63) is 53.5 Å². The highest BCUT2D eigenvalue weighted by Gasteiger charge is 2.33. The Hall–Kier alpha value is -2.61. The predicted octanol–water partition coefficient (Wildman–Crippen LogP) is 2.44. The third-order valence-electron chi connectivity index (χ3n) is 4.53. The number of benzene rings is 1. The molecule has 2 atom stereocenters. The first-order valence-corrected chi connectivity index (χ1v) is 10.6. The molecule has 0 aliphatic rings. The molecule has 7 nitrogen and oxygen atoms in total. The second kappa shape index (κ2) is 9.05. The second-order valence-electron chi connectivity index (χ2n) is 6.81. The fourth-order valence-corrected chi connectivity index (χ4v) is 4.58. The van der Waals surface area contributed by atoms with E-state index in [1.54, 1.807) is 45.0 Å². The maximum atomic E-state index is 13.3. The molecule has 0 bridgehead atoms.